The summed E-state index contributed by atoms with van der Waals surface area (Å²) in [6.45, 7) is 2.04. The predicted molar refractivity (Wildman–Crippen MR) is 76.7 cm³/mol. The van der Waals surface area contributed by atoms with Gasteiger partial charge in [-0.05, 0) is 43.6 Å². The summed E-state index contributed by atoms with van der Waals surface area (Å²) in [6, 6.07) is 6.19. The van der Waals surface area contributed by atoms with Crippen LogP contribution in [0.2, 0.25) is 0 Å². The highest BCUT2D eigenvalue weighted by Crippen LogP contribution is 2.19. The lowest BCUT2D eigenvalue weighted by molar-refractivity contribution is -0.119. The number of carbonyl (C=O) groups excluding carboxylic acids is 1. The van der Waals surface area contributed by atoms with Crippen molar-refractivity contribution in [1.29, 1.82) is 0 Å². The van der Waals surface area contributed by atoms with Crippen LogP contribution in [-0.4, -0.2) is 39.2 Å². The Labute approximate surface area is 119 Å². The molecule has 1 aromatic rings. The third-order valence-corrected chi connectivity index (χ3v) is 4.59. The lowest BCUT2D eigenvalue weighted by atomic mass is 9.98. The SMILES string of the molecule is CN1CC[C@@H](CC(=O)Cc2ccc(S(N)(=O)=O)cc2)C1. The Balaban J connectivity index is 1.91. The monoisotopic (exact) mass is 296 g/mol. The molecule has 1 saturated heterocycles. The smallest absolute Gasteiger partial charge is 0.238 e. The number of rotatable bonds is 5. The molecule has 110 valence electrons. The highest BCUT2D eigenvalue weighted by Gasteiger charge is 2.22. The van der Waals surface area contributed by atoms with Crippen molar-refractivity contribution < 1.29 is 13.2 Å². The van der Waals surface area contributed by atoms with Crippen molar-refractivity contribution in [2.24, 2.45) is 11.1 Å². The van der Waals surface area contributed by atoms with Gasteiger partial charge in [0.2, 0.25) is 10.0 Å². The van der Waals surface area contributed by atoms with E-state index >= 15 is 0 Å². The second-order valence-electron chi connectivity index (χ2n) is 5.53. The van der Waals surface area contributed by atoms with E-state index in [1.54, 1.807) is 12.1 Å². The average Bonchev–Trinajstić information content (AvgIpc) is 2.74. The number of nitrogens with zero attached hydrogens (tertiary/aromatic N) is 1. The zero-order valence-corrected chi connectivity index (χ0v) is 12.4. The Morgan fingerprint density at radius 2 is 2.00 bits per heavy atom. The first-order chi connectivity index (χ1) is 9.34. The van der Waals surface area contributed by atoms with Gasteiger partial charge in [-0.25, -0.2) is 13.6 Å². The molecule has 0 bridgehead atoms. The average molecular weight is 296 g/mol. The zero-order chi connectivity index (χ0) is 14.8. The predicted octanol–water partition coefficient (Wildman–Crippen LogP) is 0.787. The fourth-order valence-corrected chi connectivity index (χ4v) is 3.13. The third-order valence-electron chi connectivity index (χ3n) is 3.66. The van der Waals surface area contributed by atoms with E-state index in [2.05, 4.69) is 11.9 Å². The second kappa shape index (κ2) is 6.03. The van der Waals surface area contributed by atoms with E-state index in [9.17, 15) is 13.2 Å². The van der Waals surface area contributed by atoms with Crippen LogP contribution >= 0.6 is 0 Å². The molecule has 2 N–H and O–H groups in total. The number of hydrogen-bond donors (Lipinski definition) is 1. The van der Waals surface area contributed by atoms with Crippen molar-refractivity contribution in [3.63, 3.8) is 0 Å². The van der Waals surface area contributed by atoms with Gasteiger partial charge in [0.05, 0.1) is 4.90 Å². The zero-order valence-electron chi connectivity index (χ0n) is 11.6. The first kappa shape index (κ1) is 15.2. The lowest BCUT2D eigenvalue weighted by Gasteiger charge is -2.09. The van der Waals surface area contributed by atoms with E-state index in [4.69, 9.17) is 5.14 Å². The Morgan fingerprint density at radius 3 is 2.50 bits per heavy atom. The molecule has 1 aliphatic rings. The van der Waals surface area contributed by atoms with Crippen molar-refractivity contribution in [3.8, 4) is 0 Å². The molecule has 1 heterocycles. The van der Waals surface area contributed by atoms with Gasteiger partial charge in [-0.3, -0.25) is 4.79 Å². The molecule has 1 aliphatic heterocycles. The summed E-state index contributed by atoms with van der Waals surface area (Å²) in [5, 5.41) is 5.03. The summed E-state index contributed by atoms with van der Waals surface area (Å²) in [4.78, 5) is 14.3. The minimum atomic E-state index is -3.66. The number of likely N-dealkylation sites (tertiary alicyclic amines) is 1. The summed E-state index contributed by atoms with van der Waals surface area (Å²) in [5.74, 6) is 0.657. The maximum absolute atomic E-state index is 12.0. The van der Waals surface area contributed by atoms with Crippen LogP contribution in [0.25, 0.3) is 0 Å². The third kappa shape index (κ3) is 4.13. The number of benzene rings is 1. The van der Waals surface area contributed by atoms with Crippen LogP contribution < -0.4 is 5.14 Å². The Bertz CT molecular complexity index is 581. The van der Waals surface area contributed by atoms with Crippen LogP contribution in [0, 0.1) is 5.92 Å². The Hall–Kier alpha value is -1.24. The number of primary sulfonamides is 1. The summed E-state index contributed by atoms with van der Waals surface area (Å²) in [6.07, 6.45) is 2.03. The van der Waals surface area contributed by atoms with E-state index in [1.165, 1.54) is 12.1 Å². The molecule has 0 unspecified atom stereocenters. The van der Waals surface area contributed by atoms with Gasteiger partial charge in [-0.2, -0.15) is 0 Å². The fraction of sp³-hybridized carbons (Fsp3) is 0.500. The van der Waals surface area contributed by atoms with Gasteiger partial charge in [0.15, 0.2) is 0 Å². The van der Waals surface area contributed by atoms with E-state index in [0.29, 0.717) is 18.8 Å². The Kier molecular flexibility index (Phi) is 4.57. The lowest BCUT2D eigenvalue weighted by Crippen LogP contribution is -2.16. The summed E-state index contributed by atoms with van der Waals surface area (Å²) in [7, 11) is -1.60. The minimum absolute atomic E-state index is 0.0751. The number of nitrogens with two attached hydrogens (primary N) is 1. The van der Waals surface area contributed by atoms with Crippen LogP contribution in [0.5, 0.6) is 0 Å². The fourth-order valence-electron chi connectivity index (χ4n) is 2.61. The van der Waals surface area contributed by atoms with Crippen LogP contribution in [-0.2, 0) is 21.2 Å². The summed E-state index contributed by atoms with van der Waals surface area (Å²) in [5.41, 5.74) is 0.828. The van der Waals surface area contributed by atoms with Crippen molar-refractivity contribution >= 4 is 15.8 Å². The van der Waals surface area contributed by atoms with Crippen LogP contribution in [0.3, 0.4) is 0 Å². The molecular formula is C14H20N2O3S. The Morgan fingerprint density at radius 1 is 1.35 bits per heavy atom. The second-order valence-corrected chi connectivity index (χ2v) is 7.09. The van der Waals surface area contributed by atoms with Gasteiger partial charge in [-0.15, -0.1) is 0 Å². The van der Waals surface area contributed by atoms with E-state index < -0.39 is 10.0 Å². The molecule has 6 heteroatoms. The van der Waals surface area contributed by atoms with Gasteiger partial charge < -0.3 is 4.90 Å². The van der Waals surface area contributed by atoms with Crippen molar-refractivity contribution in [1.82, 2.24) is 4.90 Å². The molecule has 1 fully saturated rings. The van der Waals surface area contributed by atoms with Gasteiger partial charge in [-0.1, -0.05) is 12.1 Å². The van der Waals surface area contributed by atoms with Crippen molar-refractivity contribution in [2.45, 2.75) is 24.2 Å². The topological polar surface area (TPSA) is 80.5 Å². The van der Waals surface area contributed by atoms with Crippen LogP contribution in [0.15, 0.2) is 29.2 Å². The molecule has 0 saturated carbocycles. The molecule has 20 heavy (non-hydrogen) atoms. The first-order valence-corrected chi connectivity index (χ1v) is 8.21. The molecule has 1 aromatic carbocycles. The maximum atomic E-state index is 12.0. The maximum Gasteiger partial charge on any atom is 0.238 e. The quantitative estimate of drug-likeness (QED) is 0.871. The normalized spacial score (nSPS) is 20.2. The van der Waals surface area contributed by atoms with E-state index in [-0.39, 0.29) is 10.7 Å². The standard InChI is InChI=1S/C14H20N2O3S/c1-16-7-6-12(10-16)9-13(17)8-11-2-4-14(5-3-11)20(15,18)19/h2-5,12H,6-10H2,1H3,(H2,15,18,19)/t12-/m0/s1. The van der Waals surface area contributed by atoms with Crippen LogP contribution in [0.4, 0.5) is 0 Å². The highest BCUT2D eigenvalue weighted by atomic mass is 32.2. The van der Waals surface area contributed by atoms with Gasteiger partial charge >= 0.3 is 0 Å². The molecule has 1 atom stereocenters. The molecule has 0 radical (unpaired) electrons. The molecule has 0 aromatic heterocycles. The van der Waals surface area contributed by atoms with Gasteiger partial charge in [0, 0.05) is 19.4 Å². The largest absolute Gasteiger partial charge is 0.306 e. The summed E-state index contributed by atoms with van der Waals surface area (Å²) >= 11 is 0. The van der Waals surface area contributed by atoms with Crippen molar-refractivity contribution in [2.75, 3.05) is 20.1 Å². The van der Waals surface area contributed by atoms with Gasteiger partial charge in [0.1, 0.15) is 5.78 Å². The molecule has 0 amide bonds. The molecule has 0 aliphatic carbocycles. The van der Waals surface area contributed by atoms with E-state index in [0.717, 1.165) is 25.1 Å². The van der Waals surface area contributed by atoms with Crippen LogP contribution in [0.1, 0.15) is 18.4 Å². The molecular weight excluding hydrogens is 276 g/mol. The first-order valence-electron chi connectivity index (χ1n) is 6.66. The molecule has 2 rings (SSSR count). The minimum Gasteiger partial charge on any atom is -0.306 e. The number of ketones is 1. The number of carbonyl (C=O) groups is 1. The van der Waals surface area contributed by atoms with Gasteiger partial charge in [0.25, 0.3) is 0 Å². The summed E-state index contributed by atoms with van der Waals surface area (Å²) < 4.78 is 22.3. The van der Waals surface area contributed by atoms with E-state index in [1.807, 2.05) is 0 Å². The number of sulfonamides is 1. The van der Waals surface area contributed by atoms with Crippen molar-refractivity contribution in [3.05, 3.63) is 29.8 Å². The number of hydrogen-bond acceptors (Lipinski definition) is 4. The molecule has 5 nitrogen and oxygen atoms in total. The number of Topliss-reactive ketones (excluding diaryl/α,β-unsaturated/α-hetero) is 1. The molecule has 0 spiro atoms. The highest BCUT2D eigenvalue weighted by molar-refractivity contribution is 7.89.